The van der Waals surface area contributed by atoms with Crippen LogP contribution >= 0.6 is 12.6 Å². The SMILES string of the molecule is NC(=O)CCC(N)C(=O)NC(CS)C(=O)NC(CCCN=C(N)N)C(=O)NC(Cc1c[nH]c2ccccc12)C(=O)O. The number of aromatic amines is 1. The molecule has 2 aromatic rings. The topological polar surface area (TPSA) is 274 Å². The predicted molar refractivity (Wildman–Crippen MR) is 156 cm³/mol. The summed E-state index contributed by atoms with van der Waals surface area (Å²) >= 11 is 4.11. The Labute approximate surface area is 241 Å². The number of thiol groups is 1. The average Bonchev–Trinajstić information content (AvgIpc) is 3.33. The first-order valence-electron chi connectivity index (χ1n) is 12.8. The Balaban J connectivity index is 2.14. The first-order chi connectivity index (χ1) is 19.4. The van der Waals surface area contributed by atoms with Crippen molar-refractivity contribution in [3.05, 3.63) is 36.0 Å². The zero-order valence-electron chi connectivity index (χ0n) is 22.3. The van der Waals surface area contributed by atoms with Crippen LogP contribution in [0.15, 0.2) is 35.5 Å². The number of guanidine groups is 1. The van der Waals surface area contributed by atoms with Crippen LogP contribution in [0.5, 0.6) is 0 Å². The molecule has 16 heteroatoms. The Kier molecular flexibility index (Phi) is 12.9. The number of nitrogens with two attached hydrogens (primary N) is 4. The number of nitrogens with one attached hydrogen (secondary N) is 4. The third kappa shape index (κ3) is 10.6. The Bertz CT molecular complexity index is 1260. The van der Waals surface area contributed by atoms with E-state index >= 15 is 0 Å². The second-order valence-electron chi connectivity index (χ2n) is 9.33. The van der Waals surface area contributed by atoms with Gasteiger partial charge in [0.2, 0.25) is 23.6 Å². The van der Waals surface area contributed by atoms with Crippen molar-refractivity contribution in [3.63, 3.8) is 0 Å². The van der Waals surface area contributed by atoms with Crippen molar-refractivity contribution < 1.29 is 29.1 Å². The number of aromatic nitrogens is 1. The van der Waals surface area contributed by atoms with Gasteiger partial charge in [0.05, 0.1) is 6.04 Å². The molecule has 1 aromatic carbocycles. The van der Waals surface area contributed by atoms with E-state index in [1.165, 1.54) is 0 Å². The molecule has 4 amide bonds. The van der Waals surface area contributed by atoms with E-state index in [0.29, 0.717) is 5.56 Å². The zero-order valence-corrected chi connectivity index (χ0v) is 23.2. The molecule has 15 nitrogen and oxygen atoms in total. The zero-order chi connectivity index (χ0) is 30.5. The van der Waals surface area contributed by atoms with Crippen LogP contribution in [0.3, 0.4) is 0 Å². The number of fused-ring (bicyclic) bond motifs is 1. The lowest BCUT2D eigenvalue weighted by molar-refractivity contribution is -0.142. The lowest BCUT2D eigenvalue weighted by Gasteiger charge is -2.24. The van der Waals surface area contributed by atoms with Gasteiger partial charge in [-0.25, -0.2) is 4.79 Å². The summed E-state index contributed by atoms with van der Waals surface area (Å²) in [6, 6.07) is 2.56. The van der Waals surface area contributed by atoms with Crippen LogP contribution in [0.2, 0.25) is 0 Å². The number of para-hydroxylation sites is 1. The van der Waals surface area contributed by atoms with Gasteiger partial charge in [-0.05, 0) is 30.9 Å². The molecule has 1 aromatic heterocycles. The van der Waals surface area contributed by atoms with Gasteiger partial charge in [-0.15, -0.1) is 0 Å². The number of hydrogen-bond acceptors (Lipinski definition) is 8. The molecule has 41 heavy (non-hydrogen) atoms. The average molecular weight is 592 g/mol. The highest BCUT2D eigenvalue weighted by Crippen LogP contribution is 2.19. The number of nitrogens with zero attached hydrogens (tertiary/aromatic N) is 1. The fourth-order valence-electron chi connectivity index (χ4n) is 3.94. The number of primary amides is 1. The van der Waals surface area contributed by atoms with Crippen molar-refractivity contribution in [2.45, 2.75) is 56.3 Å². The van der Waals surface area contributed by atoms with Crippen molar-refractivity contribution in [2.24, 2.45) is 27.9 Å². The highest BCUT2D eigenvalue weighted by atomic mass is 32.1. The standard InChI is InChI=1S/C25H37N9O6S/c26-15(7-8-20(27)35)21(36)34-19(12-41)23(38)32-17(6-3-9-30-25(28)29)22(37)33-18(24(39)40)10-13-11-31-16-5-2-1-4-14(13)16/h1-2,4-5,11,15,17-19,31,41H,3,6-10,12,26H2,(H2,27,35)(H,32,38)(H,33,37)(H,34,36)(H,39,40)(H4,28,29,30). The molecule has 2 rings (SSSR count). The molecule has 4 unspecified atom stereocenters. The number of aliphatic carboxylic acids is 1. The molecular weight excluding hydrogens is 554 g/mol. The van der Waals surface area contributed by atoms with Gasteiger partial charge in [0, 0.05) is 42.2 Å². The molecule has 0 saturated heterocycles. The van der Waals surface area contributed by atoms with E-state index in [1.807, 2.05) is 24.3 Å². The van der Waals surface area contributed by atoms with Crippen LogP contribution in [-0.2, 0) is 30.4 Å². The lowest BCUT2D eigenvalue weighted by Crippen LogP contribution is -2.57. The molecule has 0 bridgehead atoms. The highest BCUT2D eigenvalue weighted by Gasteiger charge is 2.30. The van der Waals surface area contributed by atoms with E-state index in [9.17, 15) is 29.1 Å². The molecule has 4 atom stereocenters. The van der Waals surface area contributed by atoms with Crippen molar-refractivity contribution in [1.82, 2.24) is 20.9 Å². The Morgan fingerprint density at radius 1 is 0.927 bits per heavy atom. The molecule has 0 saturated carbocycles. The highest BCUT2D eigenvalue weighted by molar-refractivity contribution is 7.80. The summed E-state index contributed by atoms with van der Waals surface area (Å²) in [7, 11) is 0. The minimum Gasteiger partial charge on any atom is -0.480 e. The number of rotatable bonds is 17. The number of carbonyl (C=O) groups is 5. The van der Waals surface area contributed by atoms with Crippen LogP contribution in [0.25, 0.3) is 10.9 Å². The molecule has 224 valence electrons. The number of amides is 4. The number of carbonyl (C=O) groups excluding carboxylic acids is 4. The summed E-state index contributed by atoms with van der Waals surface area (Å²) in [5.41, 5.74) is 23.0. The van der Waals surface area contributed by atoms with Gasteiger partial charge in [-0.2, -0.15) is 12.6 Å². The normalized spacial score (nSPS) is 13.8. The van der Waals surface area contributed by atoms with Crippen molar-refractivity contribution in [2.75, 3.05) is 12.3 Å². The van der Waals surface area contributed by atoms with Crippen LogP contribution in [0.4, 0.5) is 0 Å². The minimum atomic E-state index is -1.30. The van der Waals surface area contributed by atoms with Gasteiger partial charge in [0.1, 0.15) is 18.1 Å². The van der Waals surface area contributed by atoms with Gasteiger partial charge in [-0.3, -0.25) is 24.2 Å². The van der Waals surface area contributed by atoms with E-state index in [-0.39, 0.29) is 50.4 Å². The molecule has 0 aliphatic heterocycles. The summed E-state index contributed by atoms with van der Waals surface area (Å²) in [6.07, 6.45) is 1.84. The number of carboxylic acids is 1. The van der Waals surface area contributed by atoms with Gasteiger partial charge in [0.25, 0.3) is 0 Å². The molecule has 0 aliphatic rings. The fourth-order valence-corrected chi connectivity index (χ4v) is 4.20. The van der Waals surface area contributed by atoms with Gasteiger partial charge in [0.15, 0.2) is 5.96 Å². The summed E-state index contributed by atoms with van der Waals surface area (Å²) < 4.78 is 0. The van der Waals surface area contributed by atoms with Gasteiger partial charge < -0.3 is 49.0 Å². The predicted octanol–water partition coefficient (Wildman–Crippen LogP) is -2.17. The van der Waals surface area contributed by atoms with Crippen LogP contribution in [0.1, 0.15) is 31.2 Å². The molecule has 1 heterocycles. The summed E-state index contributed by atoms with van der Waals surface area (Å²) in [6.45, 7) is 0.154. The number of aliphatic imine (C=N–C) groups is 1. The third-order valence-corrected chi connectivity index (χ3v) is 6.51. The Hall–Kier alpha value is -4.31. The second-order valence-corrected chi connectivity index (χ2v) is 9.69. The van der Waals surface area contributed by atoms with Crippen LogP contribution in [-0.4, -0.2) is 82.1 Å². The van der Waals surface area contributed by atoms with Gasteiger partial charge in [-0.1, -0.05) is 18.2 Å². The minimum absolute atomic E-state index is 0.0156. The molecule has 0 radical (unpaired) electrons. The molecular formula is C25H37N9O6S. The maximum Gasteiger partial charge on any atom is 0.326 e. The Morgan fingerprint density at radius 2 is 1.56 bits per heavy atom. The van der Waals surface area contributed by atoms with E-state index in [0.717, 1.165) is 10.9 Å². The largest absolute Gasteiger partial charge is 0.480 e. The third-order valence-electron chi connectivity index (χ3n) is 6.15. The first kappa shape index (κ1) is 32.9. The van der Waals surface area contributed by atoms with Crippen LogP contribution in [0, 0.1) is 0 Å². The smallest absolute Gasteiger partial charge is 0.326 e. The monoisotopic (exact) mass is 591 g/mol. The molecule has 0 fully saturated rings. The fraction of sp³-hybridized carbons (Fsp3) is 0.440. The van der Waals surface area contributed by atoms with Crippen molar-refractivity contribution in [3.8, 4) is 0 Å². The van der Waals surface area contributed by atoms with Crippen molar-refractivity contribution in [1.29, 1.82) is 0 Å². The summed E-state index contributed by atoms with van der Waals surface area (Å²) in [5, 5.41) is 18.1. The molecule has 0 spiro atoms. The lowest BCUT2D eigenvalue weighted by atomic mass is 10.0. The van der Waals surface area contributed by atoms with Crippen molar-refractivity contribution >= 4 is 59.1 Å². The van der Waals surface area contributed by atoms with Crippen LogP contribution < -0.4 is 38.9 Å². The van der Waals surface area contributed by atoms with Gasteiger partial charge >= 0.3 is 5.97 Å². The number of carboxylic acid groups (broad SMARTS) is 1. The Morgan fingerprint density at radius 3 is 2.20 bits per heavy atom. The maximum absolute atomic E-state index is 13.3. The molecule has 13 N–H and O–H groups in total. The summed E-state index contributed by atoms with van der Waals surface area (Å²) in [4.78, 5) is 68.6. The first-order valence-corrected chi connectivity index (χ1v) is 13.4. The second kappa shape index (κ2) is 16.1. The van der Waals surface area contributed by atoms with E-state index < -0.39 is 53.8 Å². The number of benzene rings is 1. The quantitative estimate of drug-likeness (QED) is 0.0414. The number of hydrogen-bond donors (Lipinski definition) is 10. The van der Waals surface area contributed by atoms with E-state index in [1.54, 1.807) is 6.20 Å². The van der Waals surface area contributed by atoms with E-state index in [4.69, 9.17) is 22.9 Å². The summed E-state index contributed by atoms with van der Waals surface area (Å²) in [5.74, 6) is -4.39. The molecule has 0 aliphatic carbocycles. The van der Waals surface area contributed by atoms with E-state index in [2.05, 4.69) is 38.6 Å². The maximum atomic E-state index is 13.3. The number of H-pyrrole nitrogens is 1.